The quantitative estimate of drug-likeness (QED) is 0.852. The number of ether oxygens (including phenoxy) is 1. The molecule has 0 unspecified atom stereocenters. The molecule has 19 heavy (non-hydrogen) atoms. The van der Waals surface area contributed by atoms with E-state index < -0.39 is 0 Å². The Morgan fingerprint density at radius 3 is 2.37 bits per heavy atom. The summed E-state index contributed by atoms with van der Waals surface area (Å²) in [7, 11) is 0. The first-order chi connectivity index (χ1) is 9.38. The molecule has 2 aromatic rings. The number of hydrogen-bond acceptors (Lipinski definition) is 2. The van der Waals surface area contributed by atoms with E-state index in [2.05, 4.69) is 0 Å². The highest BCUT2D eigenvalue weighted by Crippen LogP contribution is 2.15. The van der Waals surface area contributed by atoms with Gasteiger partial charge in [0, 0.05) is 6.61 Å². The number of aliphatic hydroxyl groups is 1. The summed E-state index contributed by atoms with van der Waals surface area (Å²) in [6, 6.07) is 18.0. The summed E-state index contributed by atoms with van der Waals surface area (Å²) < 4.78 is 5.71. The van der Waals surface area contributed by atoms with Gasteiger partial charge in [-0.25, -0.2) is 0 Å². The van der Waals surface area contributed by atoms with E-state index in [-0.39, 0.29) is 6.61 Å². The van der Waals surface area contributed by atoms with Crippen LogP contribution in [0.4, 0.5) is 0 Å². The van der Waals surface area contributed by atoms with Gasteiger partial charge in [-0.15, -0.1) is 0 Å². The fourth-order valence-electron chi connectivity index (χ4n) is 1.71. The maximum atomic E-state index is 8.70. The molecule has 0 aliphatic rings. The molecule has 98 valence electrons. The first-order valence-corrected chi connectivity index (χ1v) is 6.42. The molecule has 1 N–H and O–H groups in total. The van der Waals surface area contributed by atoms with Crippen molar-refractivity contribution in [3.8, 4) is 5.75 Å². The van der Waals surface area contributed by atoms with Crippen molar-refractivity contribution in [2.24, 2.45) is 0 Å². The lowest BCUT2D eigenvalue weighted by molar-refractivity contribution is 0.303. The molecule has 0 aromatic heterocycles. The number of hydrogen-bond donors (Lipinski definition) is 1. The lowest BCUT2D eigenvalue weighted by Gasteiger charge is -2.06. The van der Waals surface area contributed by atoms with Gasteiger partial charge < -0.3 is 9.84 Å². The van der Waals surface area contributed by atoms with Crippen LogP contribution < -0.4 is 4.74 Å². The van der Waals surface area contributed by atoms with Gasteiger partial charge in [-0.3, -0.25) is 0 Å². The first kappa shape index (κ1) is 13.4. The zero-order chi connectivity index (χ0) is 13.3. The predicted octanol–water partition coefficient (Wildman–Crippen LogP) is 3.66. The highest BCUT2D eigenvalue weighted by molar-refractivity contribution is 5.50. The Bertz CT molecular complexity index is 501. The van der Waals surface area contributed by atoms with Crippen LogP contribution in [0, 0.1) is 0 Å². The van der Waals surface area contributed by atoms with Gasteiger partial charge in [0.1, 0.15) is 12.4 Å². The molecule has 0 saturated heterocycles. The minimum absolute atomic E-state index is 0.189. The minimum atomic E-state index is 0.189. The van der Waals surface area contributed by atoms with Crippen LogP contribution in [-0.4, -0.2) is 11.7 Å². The fourth-order valence-corrected chi connectivity index (χ4v) is 1.71. The molecule has 0 heterocycles. The van der Waals surface area contributed by atoms with Gasteiger partial charge >= 0.3 is 0 Å². The van der Waals surface area contributed by atoms with Gasteiger partial charge in [-0.05, 0) is 29.7 Å². The molecule has 0 aliphatic heterocycles. The van der Waals surface area contributed by atoms with Gasteiger partial charge in [-0.1, -0.05) is 54.6 Å². The maximum Gasteiger partial charge on any atom is 0.119 e. The molecule has 0 amide bonds. The molecular formula is C17H18O2. The molecule has 2 nitrogen and oxygen atoms in total. The largest absolute Gasteiger partial charge is 0.489 e. The Morgan fingerprint density at radius 1 is 0.947 bits per heavy atom. The SMILES string of the molecule is OCC/C=C/c1ccc(OCc2ccccc2)cc1. The van der Waals surface area contributed by atoms with Gasteiger partial charge in [0.2, 0.25) is 0 Å². The van der Waals surface area contributed by atoms with Crippen LogP contribution >= 0.6 is 0 Å². The lowest BCUT2D eigenvalue weighted by Crippen LogP contribution is -1.94. The zero-order valence-electron chi connectivity index (χ0n) is 10.8. The van der Waals surface area contributed by atoms with Crippen molar-refractivity contribution in [3.05, 3.63) is 71.8 Å². The molecule has 0 bridgehead atoms. The number of rotatable bonds is 6. The monoisotopic (exact) mass is 254 g/mol. The second kappa shape index (κ2) is 7.39. The summed E-state index contributed by atoms with van der Waals surface area (Å²) in [6.45, 7) is 0.773. The van der Waals surface area contributed by atoms with Gasteiger partial charge in [0.25, 0.3) is 0 Å². The number of benzene rings is 2. The highest BCUT2D eigenvalue weighted by Gasteiger charge is 1.95. The van der Waals surface area contributed by atoms with Crippen molar-refractivity contribution in [2.45, 2.75) is 13.0 Å². The third-order valence-corrected chi connectivity index (χ3v) is 2.73. The Hall–Kier alpha value is -2.06. The van der Waals surface area contributed by atoms with Crippen molar-refractivity contribution < 1.29 is 9.84 Å². The molecule has 0 radical (unpaired) electrons. The third kappa shape index (κ3) is 4.60. The van der Waals surface area contributed by atoms with Crippen molar-refractivity contribution in [2.75, 3.05) is 6.61 Å². The van der Waals surface area contributed by atoms with Crippen molar-refractivity contribution in [3.63, 3.8) is 0 Å². The molecule has 2 heteroatoms. The van der Waals surface area contributed by atoms with Crippen LogP contribution in [0.15, 0.2) is 60.7 Å². The van der Waals surface area contributed by atoms with E-state index in [1.54, 1.807) is 0 Å². The van der Waals surface area contributed by atoms with Crippen LogP contribution in [0.1, 0.15) is 17.5 Å². The highest BCUT2D eigenvalue weighted by atomic mass is 16.5. The molecule has 0 aliphatic carbocycles. The summed E-state index contributed by atoms with van der Waals surface area (Å²) >= 11 is 0. The summed E-state index contributed by atoms with van der Waals surface area (Å²) in [5, 5.41) is 8.70. The van der Waals surface area contributed by atoms with Gasteiger partial charge in [0.15, 0.2) is 0 Å². The molecule has 0 atom stereocenters. The van der Waals surface area contributed by atoms with Gasteiger partial charge in [-0.2, -0.15) is 0 Å². The molecular weight excluding hydrogens is 236 g/mol. The smallest absolute Gasteiger partial charge is 0.119 e. The number of aliphatic hydroxyl groups excluding tert-OH is 1. The van der Waals surface area contributed by atoms with E-state index in [1.165, 1.54) is 0 Å². The summed E-state index contributed by atoms with van der Waals surface area (Å²) in [5.74, 6) is 0.864. The van der Waals surface area contributed by atoms with Crippen LogP contribution in [0.3, 0.4) is 0 Å². The zero-order valence-corrected chi connectivity index (χ0v) is 10.8. The van der Waals surface area contributed by atoms with Crippen molar-refractivity contribution in [1.82, 2.24) is 0 Å². The molecule has 0 spiro atoms. The summed E-state index contributed by atoms with van der Waals surface area (Å²) in [5.41, 5.74) is 2.27. The van der Waals surface area contributed by atoms with E-state index in [0.29, 0.717) is 13.0 Å². The normalized spacial score (nSPS) is 10.8. The van der Waals surface area contributed by atoms with Crippen molar-refractivity contribution >= 4 is 6.08 Å². The molecule has 0 fully saturated rings. The molecule has 0 saturated carbocycles. The second-order valence-electron chi connectivity index (χ2n) is 4.26. The fraction of sp³-hybridized carbons (Fsp3) is 0.176. The van der Waals surface area contributed by atoms with Crippen LogP contribution in [0.25, 0.3) is 6.08 Å². The van der Waals surface area contributed by atoms with Gasteiger partial charge in [0.05, 0.1) is 0 Å². The van der Waals surface area contributed by atoms with E-state index in [9.17, 15) is 0 Å². The Kier molecular flexibility index (Phi) is 5.20. The van der Waals surface area contributed by atoms with E-state index in [1.807, 2.05) is 66.7 Å². The van der Waals surface area contributed by atoms with E-state index in [4.69, 9.17) is 9.84 Å². The third-order valence-electron chi connectivity index (χ3n) is 2.73. The van der Waals surface area contributed by atoms with Crippen LogP contribution in [0.2, 0.25) is 0 Å². The first-order valence-electron chi connectivity index (χ1n) is 6.42. The molecule has 2 aromatic carbocycles. The standard InChI is InChI=1S/C17H18O2/c18-13-5-4-6-15-9-11-17(12-10-15)19-14-16-7-2-1-3-8-16/h1-4,6-12,18H,5,13-14H2/b6-4+. The predicted molar refractivity (Wildman–Crippen MR) is 78.0 cm³/mol. The topological polar surface area (TPSA) is 29.5 Å². The summed E-state index contributed by atoms with van der Waals surface area (Å²) in [6.07, 6.45) is 4.64. The Labute approximate surface area is 114 Å². The minimum Gasteiger partial charge on any atom is -0.489 e. The van der Waals surface area contributed by atoms with Crippen LogP contribution in [0.5, 0.6) is 5.75 Å². The second-order valence-corrected chi connectivity index (χ2v) is 4.26. The average molecular weight is 254 g/mol. The Balaban J connectivity index is 1.88. The van der Waals surface area contributed by atoms with E-state index in [0.717, 1.165) is 16.9 Å². The Morgan fingerprint density at radius 2 is 1.68 bits per heavy atom. The van der Waals surface area contributed by atoms with Crippen LogP contribution in [-0.2, 0) is 6.61 Å². The average Bonchev–Trinajstić information content (AvgIpc) is 2.48. The maximum absolute atomic E-state index is 8.70. The van der Waals surface area contributed by atoms with Crippen molar-refractivity contribution in [1.29, 1.82) is 0 Å². The van der Waals surface area contributed by atoms with E-state index >= 15 is 0 Å². The molecule has 2 rings (SSSR count). The summed E-state index contributed by atoms with van der Waals surface area (Å²) in [4.78, 5) is 0. The lowest BCUT2D eigenvalue weighted by atomic mass is 10.2.